The van der Waals surface area contributed by atoms with E-state index in [4.69, 9.17) is 9.88 Å². The molecule has 0 aliphatic heterocycles. The van der Waals surface area contributed by atoms with Crippen LogP contribution in [0.3, 0.4) is 0 Å². The van der Waals surface area contributed by atoms with Crippen LogP contribution in [0.25, 0.3) is 10.9 Å². The maximum absolute atomic E-state index is 11.9. The Hall–Kier alpha value is -1.70. The Labute approximate surface area is 161 Å². The number of ether oxygens (including phenoxy) is 1. The van der Waals surface area contributed by atoms with Crippen LogP contribution in [-0.2, 0) is 14.8 Å². The van der Waals surface area contributed by atoms with E-state index in [1.54, 1.807) is 30.5 Å². The van der Waals surface area contributed by atoms with Crippen LogP contribution in [0.15, 0.2) is 35.4 Å². The molecule has 0 radical (unpaired) electrons. The summed E-state index contributed by atoms with van der Waals surface area (Å²) in [5, 5.41) is 9.47. The summed E-state index contributed by atoms with van der Waals surface area (Å²) < 4.78 is 29.9. The number of hydrogen-bond acceptors (Lipinski definition) is 5. The molecule has 1 aromatic heterocycles. The molecule has 1 heterocycles. The third-order valence-electron chi connectivity index (χ3n) is 5.11. The summed E-state index contributed by atoms with van der Waals surface area (Å²) in [7, 11) is -3.80. The number of nitrogens with one attached hydrogen (secondary N) is 1. The molecule has 2 atom stereocenters. The van der Waals surface area contributed by atoms with E-state index in [1.165, 1.54) is 6.42 Å². The molecule has 0 amide bonds. The van der Waals surface area contributed by atoms with Crippen LogP contribution >= 0.6 is 0 Å². The lowest BCUT2D eigenvalue weighted by Gasteiger charge is -2.33. The van der Waals surface area contributed by atoms with Crippen LogP contribution in [0.2, 0.25) is 0 Å². The molecule has 1 aliphatic rings. The number of nitrogens with zero attached hydrogens (tertiary/aromatic N) is 1. The number of rotatable bonds is 7. The van der Waals surface area contributed by atoms with Gasteiger partial charge in [-0.3, -0.25) is 4.98 Å². The zero-order valence-electron chi connectivity index (χ0n) is 16.0. The first-order chi connectivity index (χ1) is 12.9. The molecule has 1 saturated carbocycles. The van der Waals surface area contributed by atoms with Crippen LogP contribution in [0.1, 0.15) is 46.0 Å². The predicted molar refractivity (Wildman–Crippen MR) is 108 cm³/mol. The van der Waals surface area contributed by atoms with Gasteiger partial charge in [0.2, 0.25) is 10.0 Å². The molecule has 0 spiro atoms. The molecule has 1 aromatic carbocycles. The summed E-state index contributed by atoms with van der Waals surface area (Å²) in [5.74, 6) is 0.624. The van der Waals surface area contributed by atoms with Crippen molar-refractivity contribution < 1.29 is 13.2 Å². The standard InChI is InChI=1S/C20H29N3O3S/c1-14(2)11-13-26-18-8-4-3-7-16(18)23-17-9-10-19(27(21,24)25)15-6-5-12-22-20(15)17/h5-6,9-10,12,14,16,18,23H,3-4,7-8,11,13H2,1-2H3,(H2,21,24,25)/t16-,18-/m0/s1. The first kappa shape index (κ1) is 20.0. The van der Waals surface area contributed by atoms with Crippen molar-refractivity contribution in [2.45, 2.75) is 63.0 Å². The molecular formula is C20H29N3O3S. The largest absolute Gasteiger partial charge is 0.378 e. The van der Waals surface area contributed by atoms with E-state index >= 15 is 0 Å². The minimum absolute atomic E-state index is 0.101. The number of aromatic nitrogens is 1. The Morgan fingerprint density at radius 1 is 1.26 bits per heavy atom. The molecule has 6 nitrogen and oxygen atoms in total. The van der Waals surface area contributed by atoms with Crippen molar-refractivity contribution in [3.8, 4) is 0 Å². The van der Waals surface area contributed by atoms with Gasteiger partial charge in [0.25, 0.3) is 0 Å². The van der Waals surface area contributed by atoms with Crippen LogP contribution in [0.4, 0.5) is 5.69 Å². The highest BCUT2D eigenvalue weighted by molar-refractivity contribution is 7.89. The summed E-state index contributed by atoms with van der Waals surface area (Å²) in [6.07, 6.45) is 7.27. The second-order valence-electron chi connectivity index (χ2n) is 7.68. The van der Waals surface area contributed by atoms with E-state index in [0.29, 0.717) is 16.8 Å². The third kappa shape index (κ3) is 4.97. The van der Waals surface area contributed by atoms with Gasteiger partial charge < -0.3 is 10.1 Å². The Balaban J connectivity index is 1.84. The van der Waals surface area contributed by atoms with Crippen molar-refractivity contribution >= 4 is 26.6 Å². The molecule has 3 rings (SSSR count). The highest BCUT2D eigenvalue weighted by atomic mass is 32.2. The average Bonchev–Trinajstić information content (AvgIpc) is 2.62. The van der Waals surface area contributed by atoms with Crippen LogP contribution < -0.4 is 10.5 Å². The van der Waals surface area contributed by atoms with E-state index < -0.39 is 10.0 Å². The number of pyridine rings is 1. The second kappa shape index (κ2) is 8.54. The molecule has 0 bridgehead atoms. The number of sulfonamides is 1. The van der Waals surface area contributed by atoms with Crippen molar-refractivity contribution in [1.29, 1.82) is 0 Å². The normalized spacial score (nSPS) is 20.9. The fourth-order valence-corrected chi connectivity index (χ4v) is 4.36. The summed E-state index contributed by atoms with van der Waals surface area (Å²) in [6, 6.07) is 6.97. The van der Waals surface area contributed by atoms with Gasteiger partial charge in [-0.2, -0.15) is 0 Å². The minimum Gasteiger partial charge on any atom is -0.378 e. The number of benzene rings is 1. The Bertz CT molecular complexity index is 883. The van der Waals surface area contributed by atoms with E-state index in [2.05, 4.69) is 24.1 Å². The molecule has 0 unspecified atom stereocenters. The van der Waals surface area contributed by atoms with E-state index in [-0.39, 0.29) is 17.0 Å². The van der Waals surface area contributed by atoms with Gasteiger partial charge in [-0.1, -0.05) is 26.7 Å². The van der Waals surface area contributed by atoms with Crippen molar-refractivity contribution in [2.24, 2.45) is 11.1 Å². The highest BCUT2D eigenvalue weighted by Crippen LogP contribution is 2.31. The van der Waals surface area contributed by atoms with Gasteiger partial charge >= 0.3 is 0 Å². The van der Waals surface area contributed by atoms with Crippen LogP contribution in [0.5, 0.6) is 0 Å². The topological polar surface area (TPSA) is 94.3 Å². The van der Waals surface area contributed by atoms with Gasteiger partial charge in [0.15, 0.2) is 0 Å². The first-order valence-electron chi connectivity index (χ1n) is 9.65. The van der Waals surface area contributed by atoms with Gasteiger partial charge in [-0.25, -0.2) is 13.6 Å². The molecule has 2 aromatic rings. The molecule has 1 fully saturated rings. The number of primary sulfonamides is 1. The van der Waals surface area contributed by atoms with Gasteiger partial charge in [0.05, 0.1) is 28.2 Å². The van der Waals surface area contributed by atoms with E-state index in [1.807, 2.05) is 0 Å². The number of nitrogens with two attached hydrogens (primary N) is 1. The molecule has 7 heteroatoms. The minimum atomic E-state index is -3.80. The van der Waals surface area contributed by atoms with Crippen LogP contribution in [0, 0.1) is 5.92 Å². The van der Waals surface area contributed by atoms with Crippen molar-refractivity contribution in [2.75, 3.05) is 11.9 Å². The van der Waals surface area contributed by atoms with E-state index in [0.717, 1.165) is 38.0 Å². The maximum Gasteiger partial charge on any atom is 0.238 e. The van der Waals surface area contributed by atoms with Gasteiger partial charge in [-0.15, -0.1) is 0 Å². The van der Waals surface area contributed by atoms with Crippen molar-refractivity contribution in [3.63, 3.8) is 0 Å². The molecule has 148 valence electrons. The van der Waals surface area contributed by atoms with Gasteiger partial charge in [-0.05, 0) is 49.4 Å². The predicted octanol–water partition coefficient (Wildman–Crippen LogP) is 3.67. The summed E-state index contributed by atoms with van der Waals surface area (Å²) in [6.45, 7) is 5.17. The Kier molecular flexibility index (Phi) is 6.34. The number of anilines is 1. The Morgan fingerprint density at radius 3 is 2.78 bits per heavy atom. The summed E-state index contributed by atoms with van der Waals surface area (Å²) in [5.41, 5.74) is 1.44. The lowest BCUT2D eigenvalue weighted by atomic mass is 9.92. The lowest BCUT2D eigenvalue weighted by Crippen LogP contribution is -2.38. The summed E-state index contributed by atoms with van der Waals surface area (Å²) >= 11 is 0. The maximum atomic E-state index is 11.9. The molecule has 1 aliphatic carbocycles. The Morgan fingerprint density at radius 2 is 2.04 bits per heavy atom. The highest BCUT2D eigenvalue weighted by Gasteiger charge is 2.27. The number of hydrogen-bond donors (Lipinski definition) is 2. The average molecular weight is 392 g/mol. The smallest absolute Gasteiger partial charge is 0.238 e. The van der Waals surface area contributed by atoms with Crippen molar-refractivity contribution in [1.82, 2.24) is 4.98 Å². The lowest BCUT2D eigenvalue weighted by molar-refractivity contribution is 0.0150. The molecule has 3 N–H and O–H groups in total. The van der Waals surface area contributed by atoms with Gasteiger partial charge in [0.1, 0.15) is 0 Å². The van der Waals surface area contributed by atoms with Crippen LogP contribution in [-0.4, -0.2) is 32.2 Å². The van der Waals surface area contributed by atoms with Gasteiger partial charge in [0, 0.05) is 18.2 Å². The molecule has 0 saturated heterocycles. The number of fused-ring (bicyclic) bond motifs is 1. The fraction of sp³-hybridized carbons (Fsp3) is 0.550. The zero-order valence-corrected chi connectivity index (χ0v) is 16.8. The summed E-state index contributed by atoms with van der Waals surface area (Å²) in [4.78, 5) is 4.51. The third-order valence-corrected chi connectivity index (χ3v) is 6.08. The zero-order chi connectivity index (χ0) is 19.4. The SMILES string of the molecule is CC(C)CCO[C@H]1CCCC[C@@H]1Nc1ccc(S(N)(=O)=O)c2cccnc12. The fourth-order valence-electron chi connectivity index (χ4n) is 3.63. The van der Waals surface area contributed by atoms with Crippen molar-refractivity contribution in [3.05, 3.63) is 30.5 Å². The monoisotopic (exact) mass is 391 g/mol. The quantitative estimate of drug-likeness (QED) is 0.751. The first-order valence-corrected chi connectivity index (χ1v) is 11.2. The van der Waals surface area contributed by atoms with E-state index in [9.17, 15) is 8.42 Å². The molecule has 27 heavy (non-hydrogen) atoms. The molecular weight excluding hydrogens is 362 g/mol. The second-order valence-corrected chi connectivity index (χ2v) is 9.21.